The van der Waals surface area contributed by atoms with E-state index in [1.54, 1.807) is 6.20 Å². The zero-order valence-electron chi connectivity index (χ0n) is 10.7. The molecule has 0 unspecified atom stereocenters. The van der Waals surface area contributed by atoms with Gasteiger partial charge < -0.3 is 16.4 Å². The van der Waals surface area contributed by atoms with Crippen LogP contribution in [-0.2, 0) is 6.54 Å². The number of aromatic nitrogens is 2. The lowest BCUT2D eigenvalue weighted by atomic mass is 10.2. The van der Waals surface area contributed by atoms with Gasteiger partial charge in [-0.1, -0.05) is 23.7 Å². The fourth-order valence-corrected chi connectivity index (χ4v) is 1.83. The standard InChI is InChI=1S/C13H16ClN5/c1-2-16-12-11(15)8-18-13(19-12)17-7-9-4-3-5-10(14)6-9/h3-6,8H,2,7,15H2,1H3,(H2,16,17,18,19). The minimum atomic E-state index is 0.533. The number of hydrogen-bond donors (Lipinski definition) is 3. The molecule has 4 N–H and O–H groups in total. The third-order valence-corrected chi connectivity index (χ3v) is 2.74. The number of hydrogen-bond acceptors (Lipinski definition) is 5. The van der Waals surface area contributed by atoms with Crippen LogP contribution < -0.4 is 16.4 Å². The average molecular weight is 278 g/mol. The Hall–Kier alpha value is -2.01. The summed E-state index contributed by atoms with van der Waals surface area (Å²) in [4.78, 5) is 8.45. The zero-order valence-corrected chi connectivity index (χ0v) is 11.4. The highest BCUT2D eigenvalue weighted by Gasteiger charge is 2.03. The minimum Gasteiger partial charge on any atom is -0.394 e. The van der Waals surface area contributed by atoms with Gasteiger partial charge in [0, 0.05) is 18.1 Å². The number of nitrogen functional groups attached to an aromatic ring is 1. The van der Waals surface area contributed by atoms with Gasteiger partial charge >= 0.3 is 0 Å². The van der Waals surface area contributed by atoms with Crippen LogP contribution in [0.2, 0.25) is 5.02 Å². The lowest BCUT2D eigenvalue weighted by molar-refractivity contribution is 1.05. The van der Waals surface area contributed by atoms with E-state index in [1.807, 2.05) is 31.2 Å². The van der Waals surface area contributed by atoms with Gasteiger partial charge in [0.2, 0.25) is 5.95 Å². The van der Waals surface area contributed by atoms with Crippen LogP contribution in [0.4, 0.5) is 17.5 Å². The molecule has 0 amide bonds. The second kappa shape index (κ2) is 6.24. The van der Waals surface area contributed by atoms with Crippen molar-refractivity contribution in [1.82, 2.24) is 9.97 Å². The van der Waals surface area contributed by atoms with Gasteiger partial charge in [-0.05, 0) is 24.6 Å². The topological polar surface area (TPSA) is 75.9 Å². The van der Waals surface area contributed by atoms with Crippen LogP contribution in [0, 0.1) is 0 Å². The van der Waals surface area contributed by atoms with Crippen LogP contribution in [0.5, 0.6) is 0 Å². The van der Waals surface area contributed by atoms with Crippen molar-refractivity contribution in [1.29, 1.82) is 0 Å². The van der Waals surface area contributed by atoms with Gasteiger partial charge in [-0.3, -0.25) is 0 Å². The minimum absolute atomic E-state index is 0.533. The highest BCUT2D eigenvalue weighted by atomic mass is 35.5. The van der Waals surface area contributed by atoms with E-state index in [-0.39, 0.29) is 0 Å². The number of benzene rings is 1. The van der Waals surface area contributed by atoms with Crippen molar-refractivity contribution in [3.8, 4) is 0 Å². The lowest BCUT2D eigenvalue weighted by Gasteiger charge is -2.09. The van der Waals surface area contributed by atoms with Crippen molar-refractivity contribution in [3.63, 3.8) is 0 Å². The molecular weight excluding hydrogens is 262 g/mol. The highest BCUT2D eigenvalue weighted by Crippen LogP contribution is 2.16. The molecule has 0 spiro atoms. The third kappa shape index (κ3) is 3.72. The van der Waals surface area contributed by atoms with Crippen LogP contribution in [0.15, 0.2) is 30.5 Å². The summed E-state index contributed by atoms with van der Waals surface area (Å²) in [6.07, 6.45) is 1.59. The Balaban J connectivity index is 2.05. The molecule has 19 heavy (non-hydrogen) atoms. The van der Waals surface area contributed by atoms with Gasteiger partial charge in [-0.15, -0.1) is 0 Å². The number of nitrogens with two attached hydrogens (primary N) is 1. The van der Waals surface area contributed by atoms with Crippen molar-refractivity contribution in [2.75, 3.05) is 22.9 Å². The maximum atomic E-state index is 5.93. The summed E-state index contributed by atoms with van der Waals surface area (Å²) in [6.45, 7) is 3.35. The molecule has 0 aliphatic carbocycles. The van der Waals surface area contributed by atoms with E-state index in [1.165, 1.54) is 0 Å². The Labute approximate surface area is 117 Å². The normalized spacial score (nSPS) is 10.2. The molecule has 5 nitrogen and oxygen atoms in total. The predicted octanol–water partition coefficient (Wildman–Crippen LogP) is 2.76. The summed E-state index contributed by atoms with van der Waals surface area (Å²) >= 11 is 5.93. The Morgan fingerprint density at radius 3 is 2.89 bits per heavy atom. The molecule has 1 heterocycles. The first-order valence-corrected chi connectivity index (χ1v) is 6.41. The summed E-state index contributed by atoms with van der Waals surface area (Å²) in [5.41, 5.74) is 7.37. The van der Waals surface area contributed by atoms with E-state index in [2.05, 4.69) is 20.6 Å². The number of rotatable bonds is 5. The molecular formula is C13H16ClN5. The fraction of sp³-hybridized carbons (Fsp3) is 0.231. The molecule has 0 aliphatic heterocycles. The third-order valence-electron chi connectivity index (χ3n) is 2.50. The molecule has 1 aromatic carbocycles. The quantitative estimate of drug-likeness (QED) is 0.783. The molecule has 2 aromatic rings. The van der Waals surface area contributed by atoms with E-state index in [0.29, 0.717) is 29.0 Å². The smallest absolute Gasteiger partial charge is 0.225 e. The van der Waals surface area contributed by atoms with E-state index < -0.39 is 0 Å². The summed E-state index contributed by atoms with van der Waals surface area (Å²) in [5, 5.41) is 6.94. The van der Waals surface area contributed by atoms with Gasteiger partial charge in [0.25, 0.3) is 0 Å². The van der Waals surface area contributed by atoms with Crippen molar-refractivity contribution in [2.24, 2.45) is 0 Å². The molecule has 0 saturated carbocycles. The monoisotopic (exact) mass is 277 g/mol. The largest absolute Gasteiger partial charge is 0.394 e. The Morgan fingerprint density at radius 1 is 1.32 bits per heavy atom. The molecule has 0 aliphatic rings. The van der Waals surface area contributed by atoms with E-state index in [9.17, 15) is 0 Å². The van der Waals surface area contributed by atoms with Gasteiger partial charge in [-0.2, -0.15) is 4.98 Å². The summed E-state index contributed by atoms with van der Waals surface area (Å²) in [6, 6.07) is 7.64. The lowest BCUT2D eigenvalue weighted by Crippen LogP contribution is -2.08. The van der Waals surface area contributed by atoms with Gasteiger partial charge in [0.1, 0.15) is 0 Å². The maximum absolute atomic E-state index is 5.93. The van der Waals surface area contributed by atoms with Crippen molar-refractivity contribution in [2.45, 2.75) is 13.5 Å². The van der Waals surface area contributed by atoms with Gasteiger partial charge in [0.15, 0.2) is 5.82 Å². The molecule has 6 heteroatoms. The van der Waals surface area contributed by atoms with Gasteiger partial charge in [0.05, 0.1) is 11.9 Å². The molecule has 1 aromatic heterocycles. The molecule has 0 radical (unpaired) electrons. The average Bonchev–Trinajstić information content (AvgIpc) is 2.40. The number of nitrogens with one attached hydrogen (secondary N) is 2. The van der Waals surface area contributed by atoms with Crippen LogP contribution in [-0.4, -0.2) is 16.5 Å². The first kappa shape index (κ1) is 13.4. The summed E-state index contributed by atoms with van der Waals surface area (Å²) < 4.78 is 0. The number of anilines is 3. The van der Waals surface area contributed by atoms with Crippen molar-refractivity contribution in [3.05, 3.63) is 41.0 Å². The van der Waals surface area contributed by atoms with Crippen LogP contribution in [0.25, 0.3) is 0 Å². The van der Waals surface area contributed by atoms with E-state index in [0.717, 1.165) is 12.1 Å². The fourth-order valence-electron chi connectivity index (χ4n) is 1.61. The molecule has 0 saturated heterocycles. The van der Waals surface area contributed by atoms with Crippen LogP contribution >= 0.6 is 11.6 Å². The second-order valence-corrected chi connectivity index (χ2v) is 4.45. The Kier molecular flexibility index (Phi) is 4.41. The second-order valence-electron chi connectivity index (χ2n) is 4.01. The number of halogens is 1. The molecule has 0 bridgehead atoms. The van der Waals surface area contributed by atoms with Crippen molar-refractivity contribution < 1.29 is 0 Å². The molecule has 0 fully saturated rings. The first-order chi connectivity index (χ1) is 9.19. The zero-order chi connectivity index (χ0) is 13.7. The molecule has 0 atom stereocenters. The van der Waals surface area contributed by atoms with Crippen LogP contribution in [0.1, 0.15) is 12.5 Å². The van der Waals surface area contributed by atoms with Gasteiger partial charge in [-0.25, -0.2) is 4.98 Å². The first-order valence-electron chi connectivity index (χ1n) is 6.03. The predicted molar refractivity (Wildman–Crippen MR) is 79.4 cm³/mol. The highest BCUT2D eigenvalue weighted by molar-refractivity contribution is 6.30. The van der Waals surface area contributed by atoms with Crippen LogP contribution in [0.3, 0.4) is 0 Å². The summed E-state index contributed by atoms with van der Waals surface area (Å²) in [5.74, 6) is 1.18. The maximum Gasteiger partial charge on any atom is 0.225 e. The Morgan fingerprint density at radius 2 is 2.16 bits per heavy atom. The SMILES string of the molecule is CCNc1nc(NCc2cccc(Cl)c2)ncc1N. The Bertz CT molecular complexity index is 558. The summed E-state index contributed by atoms with van der Waals surface area (Å²) in [7, 11) is 0. The molecule has 2 rings (SSSR count). The van der Waals surface area contributed by atoms with Crippen molar-refractivity contribution >= 4 is 29.1 Å². The van der Waals surface area contributed by atoms with E-state index >= 15 is 0 Å². The molecule has 100 valence electrons. The van der Waals surface area contributed by atoms with E-state index in [4.69, 9.17) is 17.3 Å². The number of nitrogens with zero attached hydrogens (tertiary/aromatic N) is 2.